The second-order valence-electron chi connectivity index (χ2n) is 4.61. The number of hydrogen-bond acceptors (Lipinski definition) is 3. The molecule has 0 bridgehead atoms. The lowest BCUT2D eigenvalue weighted by Crippen LogP contribution is -2.14. The molecule has 1 amide bonds. The summed E-state index contributed by atoms with van der Waals surface area (Å²) in [5.74, 6) is 0.421. The quantitative estimate of drug-likeness (QED) is 0.917. The van der Waals surface area contributed by atoms with Crippen LogP contribution in [-0.4, -0.2) is 25.0 Å². The van der Waals surface area contributed by atoms with Gasteiger partial charge < -0.3 is 10.2 Å². The summed E-state index contributed by atoms with van der Waals surface area (Å²) in [6, 6.07) is 11.2. The van der Waals surface area contributed by atoms with Gasteiger partial charge in [0.1, 0.15) is 5.82 Å². The van der Waals surface area contributed by atoms with Gasteiger partial charge in [0.15, 0.2) is 0 Å². The normalized spacial score (nSPS) is 10.1. The maximum atomic E-state index is 12.0. The van der Waals surface area contributed by atoms with E-state index in [9.17, 15) is 4.79 Å². The number of carbonyl (C=O) groups excluding carboxylic acids is 1. The highest BCUT2D eigenvalue weighted by molar-refractivity contribution is 6.03. The average Bonchev–Trinajstić information content (AvgIpc) is 2.39. The molecule has 4 nitrogen and oxygen atoms in total. The van der Waals surface area contributed by atoms with Crippen molar-refractivity contribution in [1.82, 2.24) is 4.98 Å². The molecule has 1 aromatic carbocycles. The Kier molecular flexibility index (Phi) is 3.80. The Bertz CT molecular complexity index is 576. The average molecular weight is 255 g/mol. The first-order chi connectivity index (χ1) is 9.06. The lowest BCUT2D eigenvalue weighted by molar-refractivity contribution is 0.102. The van der Waals surface area contributed by atoms with Gasteiger partial charge in [0, 0.05) is 31.5 Å². The van der Waals surface area contributed by atoms with Crippen LogP contribution in [0, 0.1) is 6.92 Å². The molecule has 4 heteroatoms. The van der Waals surface area contributed by atoms with E-state index in [1.165, 1.54) is 0 Å². The maximum Gasteiger partial charge on any atom is 0.256 e. The maximum absolute atomic E-state index is 12.0. The molecule has 2 rings (SSSR count). The Morgan fingerprint density at radius 3 is 2.42 bits per heavy atom. The molecule has 0 aliphatic heterocycles. The van der Waals surface area contributed by atoms with E-state index in [1.54, 1.807) is 18.3 Å². The van der Waals surface area contributed by atoms with Crippen LogP contribution in [0.15, 0.2) is 42.6 Å². The molecule has 0 spiro atoms. The predicted octanol–water partition coefficient (Wildman–Crippen LogP) is 2.71. The monoisotopic (exact) mass is 255 g/mol. The van der Waals surface area contributed by atoms with Crippen molar-refractivity contribution in [2.75, 3.05) is 24.3 Å². The highest BCUT2D eigenvalue weighted by Gasteiger charge is 2.07. The van der Waals surface area contributed by atoms with Gasteiger partial charge in [-0.25, -0.2) is 4.98 Å². The standard InChI is InChI=1S/C15H17N3O/c1-11-8-9-16-14(10-11)17-15(19)12-4-6-13(7-5-12)18(2)3/h4-10H,1-3H3,(H,16,17,19). The minimum Gasteiger partial charge on any atom is -0.378 e. The Labute approximate surface area is 113 Å². The van der Waals surface area contributed by atoms with E-state index in [0.717, 1.165) is 11.3 Å². The zero-order chi connectivity index (χ0) is 13.8. The lowest BCUT2D eigenvalue weighted by Gasteiger charge is -2.12. The number of carbonyl (C=O) groups is 1. The minimum absolute atomic E-state index is 0.150. The van der Waals surface area contributed by atoms with Gasteiger partial charge in [0.25, 0.3) is 5.91 Å². The van der Waals surface area contributed by atoms with Gasteiger partial charge in [-0.2, -0.15) is 0 Å². The van der Waals surface area contributed by atoms with Crippen LogP contribution >= 0.6 is 0 Å². The first kappa shape index (κ1) is 13.1. The summed E-state index contributed by atoms with van der Waals surface area (Å²) in [6.07, 6.45) is 1.68. The van der Waals surface area contributed by atoms with E-state index in [-0.39, 0.29) is 5.91 Å². The van der Waals surface area contributed by atoms with E-state index in [1.807, 2.05) is 50.2 Å². The Hall–Kier alpha value is -2.36. The van der Waals surface area contributed by atoms with Crippen molar-refractivity contribution in [2.45, 2.75) is 6.92 Å². The zero-order valence-corrected chi connectivity index (χ0v) is 11.3. The summed E-state index contributed by atoms with van der Waals surface area (Å²) in [5.41, 5.74) is 2.74. The summed E-state index contributed by atoms with van der Waals surface area (Å²) in [7, 11) is 3.93. The van der Waals surface area contributed by atoms with Crippen molar-refractivity contribution in [3.63, 3.8) is 0 Å². The third-order valence-corrected chi connectivity index (χ3v) is 2.80. The van der Waals surface area contributed by atoms with Crippen molar-refractivity contribution >= 4 is 17.4 Å². The number of nitrogens with zero attached hydrogens (tertiary/aromatic N) is 2. The number of aromatic nitrogens is 1. The molecule has 0 saturated heterocycles. The van der Waals surface area contributed by atoms with Gasteiger partial charge in [-0.15, -0.1) is 0 Å². The molecule has 0 fully saturated rings. The SMILES string of the molecule is Cc1ccnc(NC(=O)c2ccc(N(C)C)cc2)c1. The Morgan fingerprint density at radius 1 is 1.16 bits per heavy atom. The zero-order valence-electron chi connectivity index (χ0n) is 11.3. The van der Waals surface area contributed by atoms with Crippen LogP contribution in [0.4, 0.5) is 11.5 Å². The number of hydrogen-bond donors (Lipinski definition) is 1. The van der Waals surface area contributed by atoms with Crippen LogP contribution in [0.5, 0.6) is 0 Å². The van der Waals surface area contributed by atoms with Crippen LogP contribution in [0.25, 0.3) is 0 Å². The molecule has 0 aliphatic carbocycles. The fraction of sp³-hybridized carbons (Fsp3) is 0.200. The van der Waals surface area contributed by atoms with E-state index in [0.29, 0.717) is 11.4 Å². The van der Waals surface area contributed by atoms with Gasteiger partial charge in [0.2, 0.25) is 0 Å². The molecule has 1 aromatic heterocycles. The van der Waals surface area contributed by atoms with Gasteiger partial charge >= 0.3 is 0 Å². The number of nitrogens with one attached hydrogen (secondary N) is 1. The van der Waals surface area contributed by atoms with Crippen LogP contribution in [0.1, 0.15) is 15.9 Å². The molecule has 0 atom stereocenters. The van der Waals surface area contributed by atoms with Crippen LogP contribution in [0.2, 0.25) is 0 Å². The highest BCUT2D eigenvalue weighted by atomic mass is 16.1. The van der Waals surface area contributed by atoms with Crippen molar-refractivity contribution in [1.29, 1.82) is 0 Å². The summed E-state index contributed by atoms with van der Waals surface area (Å²) < 4.78 is 0. The van der Waals surface area contributed by atoms with Crippen molar-refractivity contribution in [3.8, 4) is 0 Å². The first-order valence-electron chi connectivity index (χ1n) is 6.07. The van der Waals surface area contributed by atoms with Crippen LogP contribution in [0.3, 0.4) is 0 Å². The first-order valence-corrected chi connectivity index (χ1v) is 6.07. The molecular formula is C15H17N3O. The van der Waals surface area contributed by atoms with Gasteiger partial charge in [-0.3, -0.25) is 4.79 Å². The lowest BCUT2D eigenvalue weighted by atomic mass is 10.2. The van der Waals surface area contributed by atoms with Crippen molar-refractivity contribution in [3.05, 3.63) is 53.7 Å². The largest absolute Gasteiger partial charge is 0.378 e. The molecule has 0 unspecified atom stereocenters. The molecule has 98 valence electrons. The number of anilines is 2. The van der Waals surface area contributed by atoms with Gasteiger partial charge in [-0.05, 0) is 48.9 Å². The molecule has 1 heterocycles. The van der Waals surface area contributed by atoms with Crippen molar-refractivity contribution < 1.29 is 4.79 Å². The molecular weight excluding hydrogens is 238 g/mol. The Morgan fingerprint density at radius 2 is 1.84 bits per heavy atom. The Balaban J connectivity index is 2.11. The summed E-state index contributed by atoms with van der Waals surface area (Å²) in [4.78, 5) is 18.1. The van der Waals surface area contributed by atoms with E-state index in [2.05, 4.69) is 10.3 Å². The van der Waals surface area contributed by atoms with E-state index >= 15 is 0 Å². The number of aryl methyl sites for hydroxylation is 1. The predicted molar refractivity (Wildman–Crippen MR) is 77.7 cm³/mol. The number of benzene rings is 1. The molecule has 0 radical (unpaired) electrons. The summed E-state index contributed by atoms with van der Waals surface area (Å²) in [6.45, 7) is 1.96. The number of pyridine rings is 1. The van der Waals surface area contributed by atoms with Crippen LogP contribution in [-0.2, 0) is 0 Å². The third kappa shape index (κ3) is 3.31. The molecule has 1 N–H and O–H groups in total. The number of rotatable bonds is 3. The van der Waals surface area contributed by atoms with Crippen molar-refractivity contribution in [2.24, 2.45) is 0 Å². The molecule has 0 saturated carbocycles. The second-order valence-corrected chi connectivity index (χ2v) is 4.61. The van der Waals surface area contributed by atoms with Gasteiger partial charge in [-0.1, -0.05) is 0 Å². The van der Waals surface area contributed by atoms with Crippen LogP contribution < -0.4 is 10.2 Å². The van der Waals surface area contributed by atoms with E-state index < -0.39 is 0 Å². The molecule has 0 aliphatic rings. The minimum atomic E-state index is -0.150. The molecule has 19 heavy (non-hydrogen) atoms. The molecule has 2 aromatic rings. The smallest absolute Gasteiger partial charge is 0.256 e. The highest BCUT2D eigenvalue weighted by Crippen LogP contribution is 2.13. The fourth-order valence-electron chi connectivity index (χ4n) is 1.70. The second kappa shape index (κ2) is 5.52. The third-order valence-electron chi connectivity index (χ3n) is 2.80. The van der Waals surface area contributed by atoms with E-state index in [4.69, 9.17) is 0 Å². The summed E-state index contributed by atoms with van der Waals surface area (Å²) >= 11 is 0. The topological polar surface area (TPSA) is 45.2 Å². The fourth-order valence-corrected chi connectivity index (χ4v) is 1.70. The number of amides is 1. The van der Waals surface area contributed by atoms with Gasteiger partial charge in [0.05, 0.1) is 0 Å². The summed E-state index contributed by atoms with van der Waals surface area (Å²) in [5, 5.41) is 2.78.